The number of hydrogen-bond acceptors (Lipinski definition) is 5. The first kappa shape index (κ1) is 20.6. The maximum absolute atomic E-state index is 12.6. The van der Waals surface area contributed by atoms with E-state index in [0.717, 1.165) is 15.8 Å². The van der Waals surface area contributed by atoms with Crippen molar-refractivity contribution in [1.29, 1.82) is 0 Å². The van der Waals surface area contributed by atoms with Crippen molar-refractivity contribution in [3.05, 3.63) is 48.4 Å². The van der Waals surface area contributed by atoms with E-state index < -0.39 is 12.7 Å². The molecule has 4 aromatic rings. The molecule has 0 bridgehead atoms. The molecule has 0 fully saturated rings. The van der Waals surface area contributed by atoms with Gasteiger partial charge in [-0.15, -0.1) is 0 Å². The van der Waals surface area contributed by atoms with Crippen molar-refractivity contribution < 1.29 is 27.8 Å². The fourth-order valence-electron chi connectivity index (χ4n) is 3.47. The highest BCUT2D eigenvalue weighted by molar-refractivity contribution is 5.90. The molecule has 0 aliphatic rings. The van der Waals surface area contributed by atoms with Crippen LogP contribution >= 0.6 is 0 Å². The van der Waals surface area contributed by atoms with Crippen molar-refractivity contribution in [3.8, 4) is 34.3 Å². The van der Waals surface area contributed by atoms with Gasteiger partial charge in [0.15, 0.2) is 11.5 Å². The number of aromatic nitrogens is 4. The van der Waals surface area contributed by atoms with E-state index in [4.69, 9.17) is 9.47 Å². The Bertz CT molecular complexity index is 1260. The molecule has 1 N–H and O–H groups in total. The zero-order chi connectivity index (χ0) is 22.3. The number of alkyl halides is 3. The van der Waals surface area contributed by atoms with Gasteiger partial charge in [-0.25, -0.2) is 4.98 Å². The van der Waals surface area contributed by atoms with E-state index in [1.165, 1.54) is 17.0 Å². The SMILES string of the molecule is COc1ccc(-c2cc(C)c3c(O)n(-c4cnn(CC(F)(F)F)c4)cc3n2)cc1OC. The number of ether oxygens (including phenoxy) is 2. The van der Waals surface area contributed by atoms with Gasteiger partial charge in [0, 0.05) is 18.0 Å². The highest BCUT2D eigenvalue weighted by Gasteiger charge is 2.28. The number of methoxy groups -OCH3 is 2. The van der Waals surface area contributed by atoms with Gasteiger partial charge in [-0.1, -0.05) is 0 Å². The molecule has 0 unspecified atom stereocenters. The molecule has 3 aromatic heterocycles. The van der Waals surface area contributed by atoms with Crippen molar-refractivity contribution in [2.75, 3.05) is 14.2 Å². The number of hydrogen-bond donors (Lipinski definition) is 1. The lowest BCUT2D eigenvalue weighted by Gasteiger charge is -2.10. The average Bonchev–Trinajstić information content (AvgIpc) is 3.30. The Morgan fingerprint density at radius 1 is 1.06 bits per heavy atom. The van der Waals surface area contributed by atoms with E-state index in [1.807, 2.05) is 19.1 Å². The lowest BCUT2D eigenvalue weighted by atomic mass is 10.1. The molecule has 0 aliphatic carbocycles. The van der Waals surface area contributed by atoms with Crippen LogP contribution in [0.1, 0.15) is 5.56 Å². The van der Waals surface area contributed by atoms with Crippen LogP contribution in [0.3, 0.4) is 0 Å². The quantitative estimate of drug-likeness (QED) is 0.503. The standard InChI is InChI=1S/C21H19F3N4O3/c1-12-6-15(13-4-5-17(30-2)18(7-13)31-3)26-16-10-28(20(29)19(12)16)14-8-25-27(9-14)11-21(22,23)24/h4-10,29H,11H2,1-3H3. The number of rotatable bonds is 5. The summed E-state index contributed by atoms with van der Waals surface area (Å²) >= 11 is 0. The second kappa shape index (κ2) is 7.53. The maximum Gasteiger partial charge on any atom is 0.408 e. The first-order chi connectivity index (χ1) is 14.7. The van der Waals surface area contributed by atoms with Crippen LogP contribution in [0.4, 0.5) is 13.2 Å². The molecule has 0 atom stereocenters. The highest BCUT2D eigenvalue weighted by Crippen LogP contribution is 2.36. The van der Waals surface area contributed by atoms with E-state index in [0.29, 0.717) is 33.8 Å². The molecular weight excluding hydrogens is 413 g/mol. The monoisotopic (exact) mass is 432 g/mol. The van der Waals surface area contributed by atoms with Crippen LogP contribution in [-0.4, -0.2) is 44.8 Å². The topological polar surface area (TPSA) is 74.3 Å². The van der Waals surface area contributed by atoms with Crippen molar-refractivity contribution in [2.45, 2.75) is 19.6 Å². The molecule has 0 amide bonds. The van der Waals surface area contributed by atoms with Gasteiger partial charge in [-0.3, -0.25) is 9.25 Å². The van der Waals surface area contributed by atoms with Gasteiger partial charge in [0.2, 0.25) is 5.88 Å². The molecule has 0 saturated heterocycles. The van der Waals surface area contributed by atoms with Gasteiger partial charge >= 0.3 is 6.18 Å². The summed E-state index contributed by atoms with van der Waals surface area (Å²) in [5.41, 5.74) is 2.98. The van der Waals surface area contributed by atoms with Crippen molar-refractivity contribution in [3.63, 3.8) is 0 Å². The van der Waals surface area contributed by atoms with E-state index in [2.05, 4.69) is 10.1 Å². The zero-order valence-corrected chi connectivity index (χ0v) is 16.9. The molecule has 0 saturated carbocycles. The third-order valence-corrected chi connectivity index (χ3v) is 4.87. The van der Waals surface area contributed by atoms with E-state index in [1.54, 1.807) is 32.5 Å². The van der Waals surface area contributed by atoms with E-state index in [9.17, 15) is 18.3 Å². The van der Waals surface area contributed by atoms with Crippen LogP contribution in [0.5, 0.6) is 17.4 Å². The van der Waals surface area contributed by atoms with Crippen LogP contribution in [-0.2, 0) is 6.54 Å². The van der Waals surface area contributed by atoms with Gasteiger partial charge < -0.3 is 14.6 Å². The lowest BCUT2D eigenvalue weighted by Crippen LogP contribution is -2.17. The Morgan fingerprint density at radius 3 is 2.48 bits per heavy atom. The second-order valence-electron chi connectivity index (χ2n) is 6.99. The van der Waals surface area contributed by atoms with E-state index >= 15 is 0 Å². The van der Waals surface area contributed by atoms with Crippen molar-refractivity contribution in [2.24, 2.45) is 0 Å². The summed E-state index contributed by atoms with van der Waals surface area (Å²) in [6.45, 7) is 0.612. The summed E-state index contributed by atoms with van der Waals surface area (Å²) in [6.07, 6.45) is -0.346. The summed E-state index contributed by atoms with van der Waals surface area (Å²) in [7, 11) is 3.09. The Kier molecular flexibility index (Phi) is 5.00. The predicted molar refractivity (Wildman–Crippen MR) is 108 cm³/mol. The Hall–Kier alpha value is -3.69. The summed E-state index contributed by atoms with van der Waals surface area (Å²) in [5.74, 6) is 1.02. The molecule has 0 spiro atoms. The Morgan fingerprint density at radius 2 is 1.81 bits per heavy atom. The van der Waals surface area contributed by atoms with Crippen molar-refractivity contribution >= 4 is 10.9 Å². The van der Waals surface area contributed by atoms with Crippen molar-refractivity contribution in [1.82, 2.24) is 19.3 Å². The summed E-state index contributed by atoms with van der Waals surface area (Å²) in [4.78, 5) is 4.63. The summed E-state index contributed by atoms with van der Waals surface area (Å²) in [6, 6.07) is 7.23. The average molecular weight is 432 g/mol. The molecule has 31 heavy (non-hydrogen) atoms. The van der Waals surface area contributed by atoms with Crippen LogP contribution in [0.2, 0.25) is 0 Å². The molecule has 1 aromatic carbocycles. The normalized spacial score (nSPS) is 11.8. The molecule has 4 rings (SSSR count). The summed E-state index contributed by atoms with van der Waals surface area (Å²) < 4.78 is 50.6. The Balaban J connectivity index is 1.77. The molecule has 3 heterocycles. The first-order valence-corrected chi connectivity index (χ1v) is 9.24. The molecule has 0 aliphatic heterocycles. The first-order valence-electron chi connectivity index (χ1n) is 9.24. The number of halogens is 3. The minimum atomic E-state index is -4.39. The zero-order valence-electron chi connectivity index (χ0n) is 16.9. The molecule has 0 radical (unpaired) electrons. The third-order valence-electron chi connectivity index (χ3n) is 4.87. The largest absolute Gasteiger partial charge is 0.494 e. The van der Waals surface area contributed by atoms with Gasteiger partial charge in [0.1, 0.15) is 6.54 Å². The molecular formula is C21H19F3N4O3. The fourth-order valence-corrected chi connectivity index (χ4v) is 3.47. The van der Waals surface area contributed by atoms with Gasteiger partial charge in [0.05, 0.1) is 42.7 Å². The number of benzene rings is 1. The molecule has 162 valence electrons. The smallest absolute Gasteiger partial charge is 0.408 e. The number of aryl methyl sites for hydroxylation is 1. The minimum Gasteiger partial charge on any atom is -0.494 e. The predicted octanol–water partition coefficient (Wildman–Crippen LogP) is 4.48. The van der Waals surface area contributed by atoms with Gasteiger partial charge in [0.25, 0.3) is 0 Å². The summed E-state index contributed by atoms with van der Waals surface area (Å²) in [5, 5.41) is 14.9. The number of nitrogens with zero attached hydrogens (tertiary/aromatic N) is 4. The van der Waals surface area contributed by atoms with Crippen LogP contribution in [0.15, 0.2) is 42.9 Å². The Labute approximate surface area is 175 Å². The lowest BCUT2D eigenvalue weighted by molar-refractivity contribution is -0.142. The molecule has 7 nitrogen and oxygen atoms in total. The van der Waals surface area contributed by atoms with Gasteiger partial charge in [-0.2, -0.15) is 18.3 Å². The van der Waals surface area contributed by atoms with Gasteiger partial charge in [-0.05, 0) is 36.8 Å². The maximum atomic E-state index is 12.6. The third kappa shape index (κ3) is 3.88. The second-order valence-corrected chi connectivity index (χ2v) is 6.99. The van der Waals surface area contributed by atoms with Crippen LogP contribution < -0.4 is 9.47 Å². The minimum absolute atomic E-state index is 0.120. The number of fused-ring (bicyclic) bond motifs is 1. The van der Waals surface area contributed by atoms with Crippen LogP contribution in [0, 0.1) is 6.92 Å². The highest BCUT2D eigenvalue weighted by atomic mass is 19.4. The van der Waals surface area contributed by atoms with E-state index in [-0.39, 0.29) is 5.88 Å². The molecule has 10 heteroatoms. The number of pyridine rings is 1. The van der Waals surface area contributed by atoms with Crippen LogP contribution in [0.25, 0.3) is 27.8 Å². The number of aromatic hydroxyl groups is 1. The fraction of sp³-hybridized carbons (Fsp3) is 0.238.